The summed E-state index contributed by atoms with van der Waals surface area (Å²) in [4.78, 5) is 21.1. The molecule has 0 unspecified atom stereocenters. The van der Waals surface area contributed by atoms with E-state index in [2.05, 4.69) is 20.5 Å². The molecule has 2 aromatic rings. The third-order valence-electron chi connectivity index (χ3n) is 2.27. The van der Waals surface area contributed by atoms with Crippen molar-refractivity contribution < 1.29 is 4.79 Å². The Bertz CT molecular complexity index is 652. The lowest BCUT2D eigenvalue weighted by molar-refractivity contribution is -0.118. The molecule has 0 saturated heterocycles. The van der Waals surface area contributed by atoms with Gasteiger partial charge in [0.25, 0.3) is 5.91 Å². The molecule has 0 spiro atoms. The van der Waals surface area contributed by atoms with Crippen LogP contribution in [0.4, 0.5) is 0 Å². The van der Waals surface area contributed by atoms with Gasteiger partial charge in [-0.2, -0.15) is 5.10 Å². The first-order chi connectivity index (χ1) is 10.0. The van der Waals surface area contributed by atoms with Crippen molar-refractivity contribution in [1.29, 1.82) is 0 Å². The summed E-state index contributed by atoms with van der Waals surface area (Å²) in [6.07, 6.45) is 1.56. The van der Waals surface area contributed by atoms with Gasteiger partial charge in [-0.1, -0.05) is 23.4 Å². The van der Waals surface area contributed by atoms with E-state index in [-0.39, 0.29) is 11.7 Å². The minimum atomic E-state index is -0.207. The summed E-state index contributed by atoms with van der Waals surface area (Å²) in [6, 6.07) is 5.50. The smallest absolute Gasteiger partial charge is 0.250 e. The number of carbonyl (C=O) groups excluding carboxylic acids is 1. The Balaban J connectivity index is 1.80. The van der Waals surface area contributed by atoms with Gasteiger partial charge in [-0.05, 0) is 32.0 Å². The number of thiophene rings is 1. The maximum Gasteiger partial charge on any atom is 0.250 e. The van der Waals surface area contributed by atoms with Gasteiger partial charge in [0.05, 0.1) is 16.3 Å². The number of nitrogens with zero attached hydrogens (tertiary/aromatic N) is 3. The molecule has 2 rings (SSSR count). The molecule has 2 aromatic heterocycles. The van der Waals surface area contributed by atoms with Crippen LogP contribution in [0.15, 0.2) is 28.5 Å². The second kappa shape index (κ2) is 7.53. The van der Waals surface area contributed by atoms with Crippen molar-refractivity contribution >= 4 is 46.8 Å². The van der Waals surface area contributed by atoms with Gasteiger partial charge in [-0.3, -0.25) is 4.79 Å². The number of aromatic nitrogens is 2. The summed E-state index contributed by atoms with van der Waals surface area (Å²) in [7, 11) is 0. The van der Waals surface area contributed by atoms with Gasteiger partial charge in [-0.25, -0.2) is 15.4 Å². The van der Waals surface area contributed by atoms with Crippen molar-refractivity contribution in [1.82, 2.24) is 15.4 Å². The van der Waals surface area contributed by atoms with Gasteiger partial charge in [0.2, 0.25) is 0 Å². The summed E-state index contributed by atoms with van der Waals surface area (Å²) < 4.78 is 0.685. The lowest BCUT2D eigenvalue weighted by atomic mass is 10.4. The first-order valence-corrected chi connectivity index (χ1v) is 8.23. The van der Waals surface area contributed by atoms with E-state index in [1.54, 1.807) is 12.3 Å². The lowest BCUT2D eigenvalue weighted by Gasteiger charge is -2.02. The molecule has 0 aliphatic carbocycles. The Kier molecular flexibility index (Phi) is 5.72. The normalized spacial score (nSPS) is 11.0. The Labute approximate surface area is 135 Å². The number of aryl methyl sites for hydroxylation is 2. The summed E-state index contributed by atoms with van der Waals surface area (Å²) in [6.45, 7) is 3.80. The molecule has 0 aliphatic rings. The molecule has 0 bridgehead atoms. The number of thioether (sulfide) groups is 1. The zero-order chi connectivity index (χ0) is 15.2. The van der Waals surface area contributed by atoms with Crippen LogP contribution in [0.3, 0.4) is 0 Å². The SMILES string of the molecule is Cc1cc(C)nc(SCC(=O)N/N=C\c2ccc(Cl)s2)n1. The molecule has 21 heavy (non-hydrogen) atoms. The van der Waals surface area contributed by atoms with E-state index in [1.165, 1.54) is 23.1 Å². The molecule has 0 aliphatic heterocycles. The molecular weight excluding hydrogens is 328 g/mol. The molecule has 2 heterocycles. The van der Waals surface area contributed by atoms with Crippen LogP contribution in [-0.4, -0.2) is 27.8 Å². The van der Waals surface area contributed by atoms with Crippen LogP contribution in [0.25, 0.3) is 0 Å². The van der Waals surface area contributed by atoms with Crippen molar-refractivity contribution in [2.24, 2.45) is 5.10 Å². The Morgan fingerprint density at radius 3 is 2.76 bits per heavy atom. The van der Waals surface area contributed by atoms with E-state index in [0.717, 1.165) is 16.3 Å². The first-order valence-electron chi connectivity index (χ1n) is 6.05. The van der Waals surface area contributed by atoms with Crippen LogP contribution in [0, 0.1) is 13.8 Å². The molecule has 0 radical (unpaired) electrons. The van der Waals surface area contributed by atoms with Gasteiger partial charge >= 0.3 is 0 Å². The minimum absolute atomic E-state index is 0.207. The quantitative estimate of drug-likeness (QED) is 0.393. The molecule has 110 valence electrons. The summed E-state index contributed by atoms with van der Waals surface area (Å²) >= 11 is 8.47. The van der Waals surface area contributed by atoms with Crippen LogP contribution in [0.1, 0.15) is 16.3 Å². The van der Waals surface area contributed by atoms with Crippen molar-refractivity contribution in [2.45, 2.75) is 19.0 Å². The standard InChI is InChI=1S/C13H13ClN4OS2/c1-8-5-9(2)17-13(16-8)20-7-12(19)18-15-6-10-3-4-11(14)21-10/h3-6H,7H2,1-2H3,(H,18,19)/b15-6-. The third kappa shape index (κ3) is 5.45. The fourth-order valence-electron chi connectivity index (χ4n) is 1.49. The van der Waals surface area contributed by atoms with Crippen LogP contribution < -0.4 is 5.43 Å². The maximum absolute atomic E-state index is 11.7. The van der Waals surface area contributed by atoms with E-state index in [1.807, 2.05) is 26.0 Å². The number of hydrazone groups is 1. The average Bonchev–Trinajstić information content (AvgIpc) is 2.81. The van der Waals surface area contributed by atoms with Crippen molar-refractivity contribution in [3.8, 4) is 0 Å². The number of hydrogen-bond acceptors (Lipinski definition) is 6. The number of halogens is 1. The van der Waals surface area contributed by atoms with Crippen molar-refractivity contribution in [2.75, 3.05) is 5.75 Å². The van der Waals surface area contributed by atoms with E-state index in [9.17, 15) is 4.79 Å². The Hall–Kier alpha value is -1.44. The predicted molar refractivity (Wildman–Crippen MR) is 87.3 cm³/mol. The van der Waals surface area contributed by atoms with Crippen LogP contribution in [-0.2, 0) is 4.79 Å². The second-order valence-corrected chi connectivity index (χ2v) is 6.85. The summed E-state index contributed by atoms with van der Waals surface area (Å²) in [5.74, 6) is 0.00693. The third-order valence-corrected chi connectivity index (χ3v) is 4.28. The van der Waals surface area contributed by atoms with Gasteiger partial charge in [0.15, 0.2) is 5.16 Å². The molecule has 0 saturated carbocycles. The number of rotatable bonds is 5. The predicted octanol–water partition coefficient (Wildman–Crippen LogP) is 3.05. The fraction of sp³-hybridized carbons (Fsp3) is 0.231. The molecule has 0 atom stereocenters. The molecule has 8 heteroatoms. The highest BCUT2D eigenvalue weighted by molar-refractivity contribution is 7.99. The van der Waals surface area contributed by atoms with Gasteiger partial charge in [0.1, 0.15) is 0 Å². The van der Waals surface area contributed by atoms with Crippen molar-refractivity contribution in [3.63, 3.8) is 0 Å². The second-order valence-electron chi connectivity index (χ2n) is 4.16. The number of hydrogen-bond donors (Lipinski definition) is 1. The molecule has 0 fully saturated rings. The minimum Gasteiger partial charge on any atom is -0.272 e. The monoisotopic (exact) mass is 340 g/mol. The fourth-order valence-corrected chi connectivity index (χ4v) is 3.16. The Morgan fingerprint density at radius 1 is 1.43 bits per heavy atom. The first kappa shape index (κ1) is 15.9. The highest BCUT2D eigenvalue weighted by atomic mass is 35.5. The van der Waals surface area contributed by atoms with E-state index >= 15 is 0 Å². The van der Waals surface area contributed by atoms with Gasteiger partial charge < -0.3 is 0 Å². The van der Waals surface area contributed by atoms with Crippen LogP contribution in [0.5, 0.6) is 0 Å². The molecular formula is C13H13ClN4OS2. The molecule has 1 N–H and O–H groups in total. The summed E-state index contributed by atoms with van der Waals surface area (Å²) in [5.41, 5.74) is 4.23. The highest BCUT2D eigenvalue weighted by Crippen LogP contribution is 2.19. The number of nitrogens with one attached hydrogen (secondary N) is 1. The van der Waals surface area contributed by atoms with Crippen molar-refractivity contribution in [3.05, 3.63) is 38.8 Å². The van der Waals surface area contributed by atoms with Gasteiger partial charge in [0, 0.05) is 16.3 Å². The Morgan fingerprint density at radius 2 is 2.14 bits per heavy atom. The van der Waals surface area contributed by atoms with Crippen LogP contribution >= 0.6 is 34.7 Å². The maximum atomic E-state index is 11.7. The number of carbonyl (C=O) groups is 1. The zero-order valence-corrected chi connectivity index (χ0v) is 13.8. The largest absolute Gasteiger partial charge is 0.272 e. The molecule has 5 nitrogen and oxygen atoms in total. The summed E-state index contributed by atoms with van der Waals surface area (Å²) in [5, 5.41) is 4.47. The molecule has 0 aromatic carbocycles. The average molecular weight is 341 g/mol. The lowest BCUT2D eigenvalue weighted by Crippen LogP contribution is -2.19. The topological polar surface area (TPSA) is 67.2 Å². The zero-order valence-electron chi connectivity index (χ0n) is 11.5. The van der Waals surface area contributed by atoms with Gasteiger partial charge in [-0.15, -0.1) is 11.3 Å². The van der Waals surface area contributed by atoms with Crippen LogP contribution in [0.2, 0.25) is 4.34 Å². The van der Waals surface area contributed by atoms with E-state index < -0.39 is 0 Å². The number of amides is 1. The molecule has 1 amide bonds. The van der Waals surface area contributed by atoms with E-state index in [4.69, 9.17) is 11.6 Å². The van der Waals surface area contributed by atoms with E-state index in [0.29, 0.717) is 9.49 Å². The highest BCUT2D eigenvalue weighted by Gasteiger charge is 2.05.